The second kappa shape index (κ2) is 4.98. The van der Waals surface area contributed by atoms with Crippen molar-refractivity contribution in [1.29, 1.82) is 0 Å². The number of aliphatic hydroxyl groups excluding tert-OH is 1. The number of aliphatic hydroxyl groups is 1. The molecule has 0 radical (unpaired) electrons. The van der Waals surface area contributed by atoms with Crippen molar-refractivity contribution in [2.75, 3.05) is 0 Å². The molecule has 0 atom stereocenters. The Labute approximate surface area is 106 Å². The van der Waals surface area contributed by atoms with Crippen molar-refractivity contribution in [1.82, 2.24) is 4.98 Å². The van der Waals surface area contributed by atoms with Crippen LogP contribution >= 0.6 is 11.3 Å². The van der Waals surface area contributed by atoms with Crippen molar-refractivity contribution in [2.45, 2.75) is 33.3 Å². The van der Waals surface area contributed by atoms with E-state index in [0.717, 1.165) is 15.6 Å². The molecule has 1 aromatic carbocycles. The van der Waals surface area contributed by atoms with Gasteiger partial charge < -0.3 is 5.11 Å². The molecule has 2 rings (SSSR count). The average molecular weight is 247 g/mol. The van der Waals surface area contributed by atoms with E-state index < -0.39 is 0 Å². The van der Waals surface area contributed by atoms with Gasteiger partial charge >= 0.3 is 0 Å². The average Bonchev–Trinajstić information content (AvgIpc) is 2.71. The summed E-state index contributed by atoms with van der Waals surface area (Å²) in [6.45, 7) is 6.39. The van der Waals surface area contributed by atoms with E-state index in [9.17, 15) is 0 Å². The summed E-state index contributed by atoms with van der Waals surface area (Å²) in [6.07, 6.45) is 0. The zero-order valence-corrected chi connectivity index (χ0v) is 11.2. The van der Waals surface area contributed by atoms with Crippen molar-refractivity contribution >= 4 is 11.3 Å². The summed E-state index contributed by atoms with van der Waals surface area (Å²) >= 11 is 1.57. The number of rotatable bonds is 3. The predicted molar refractivity (Wildman–Crippen MR) is 72.3 cm³/mol. The minimum Gasteiger partial charge on any atom is -0.389 e. The van der Waals surface area contributed by atoms with Crippen LogP contribution < -0.4 is 0 Å². The quantitative estimate of drug-likeness (QED) is 0.896. The topological polar surface area (TPSA) is 33.1 Å². The van der Waals surface area contributed by atoms with Crippen LogP contribution in [-0.4, -0.2) is 10.1 Å². The van der Waals surface area contributed by atoms with Crippen LogP contribution in [0.4, 0.5) is 0 Å². The molecule has 0 unspecified atom stereocenters. The predicted octanol–water partition coefficient (Wildman–Crippen LogP) is 3.73. The molecule has 1 N–H and O–H groups in total. The van der Waals surface area contributed by atoms with Gasteiger partial charge in [0, 0.05) is 0 Å². The fraction of sp³-hybridized carbons (Fsp3) is 0.357. The lowest BCUT2D eigenvalue weighted by Gasteiger charge is -2.06. The maximum atomic E-state index is 9.09. The number of benzene rings is 1. The highest BCUT2D eigenvalue weighted by molar-refractivity contribution is 7.15. The van der Waals surface area contributed by atoms with Gasteiger partial charge in [0.05, 0.1) is 17.2 Å². The van der Waals surface area contributed by atoms with E-state index >= 15 is 0 Å². The molecule has 2 aromatic rings. The van der Waals surface area contributed by atoms with Crippen LogP contribution in [0.15, 0.2) is 24.3 Å². The Balaban J connectivity index is 2.36. The van der Waals surface area contributed by atoms with Crippen LogP contribution in [0.1, 0.15) is 36.0 Å². The van der Waals surface area contributed by atoms with Gasteiger partial charge in [-0.3, -0.25) is 0 Å². The summed E-state index contributed by atoms with van der Waals surface area (Å²) in [5.41, 5.74) is 3.53. The molecule has 90 valence electrons. The highest BCUT2D eigenvalue weighted by Gasteiger charge is 2.09. The molecule has 0 fully saturated rings. The normalized spacial score (nSPS) is 11.1. The van der Waals surface area contributed by atoms with Crippen LogP contribution in [0.25, 0.3) is 10.4 Å². The zero-order chi connectivity index (χ0) is 12.4. The van der Waals surface area contributed by atoms with Gasteiger partial charge in [0.2, 0.25) is 0 Å². The first-order valence-corrected chi connectivity index (χ1v) is 6.61. The molecule has 1 aromatic heterocycles. The van der Waals surface area contributed by atoms with Gasteiger partial charge in [0.1, 0.15) is 5.01 Å². The van der Waals surface area contributed by atoms with E-state index in [1.807, 2.05) is 6.92 Å². The number of aromatic nitrogens is 1. The molecule has 0 aliphatic heterocycles. The zero-order valence-electron chi connectivity index (χ0n) is 10.4. The summed E-state index contributed by atoms with van der Waals surface area (Å²) in [7, 11) is 0. The molecule has 0 bridgehead atoms. The Morgan fingerprint density at radius 1 is 1.24 bits per heavy atom. The molecule has 0 spiro atoms. The van der Waals surface area contributed by atoms with Gasteiger partial charge in [-0.05, 0) is 24.0 Å². The van der Waals surface area contributed by atoms with E-state index in [2.05, 4.69) is 43.1 Å². The Kier molecular flexibility index (Phi) is 3.60. The largest absolute Gasteiger partial charge is 0.389 e. The molecule has 0 aliphatic rings. The summed E-state index contributed by atoms with van der Waals surface area (Å²) in [4.78, 5) is 5.49. The van der Waals surface area contributed by atoms with Gasteiger partial charge in [0.15, 0.2) is 0 Å². The maximum absolute atomic E-state index is 9.09. The molecule has 3 heteroatoms. The van der Waals surface area contributed by atoms with Crippen molar-refractivity contribution in [3.63, 3.8) is 0 Å². The third kappa shape index (κ3) is 2.56. The van der Waals surface area contributed by atoms with E-state index in [4.69, 9.17) is 5.11 Å². The summed E-state index contributed by atoms with van der Waals surface area (Å²) in [5, 5.41) is 9.87. The smallest absolute Gasteiger partial charge is 0.119 e. The Morgan fingerprint density at radius 3 is 2.35 bits per heavy atom. The van der Waals surface area contributed by atoms with Gasteiger partial charge in [-0.15, -0.1) is 11.3 Å². The lowest BCUT2D eigenvalue weighted by Crippen LogP contribution is -1.86. The fourth-order valence-electron chi connectivity index (χ4n) is 1.81. The number of hydrogen-bond acceptors (Lipinski definition) is 3. The van der Waals surface area contributed by atoms with Gasteiger partial charge in [-0.1, -0.05) is 38.1 Å². The van der Waals surface area contributed by atoms with E-state index in [0.29, 0.717) is 5.92 Å². The van der Waals surface area contributed by atoms with E-state index in [1.165, 1.54) is 11.1 Å². The van der Waals surface area contributed by atoms with E-state index in [1.54, 1.807) is 11.3 Å². The second-order valence-electron chi connectivity index (χ2n) is 4.46. The van der Waals surface area contributed by atoms with Crippen LogP contribution in [0.5, 0.6) is 0 Å². The van der Waals surface area contributed by atoms with Gasteiger partial charge in [-0.2, -0.15) is 0 Å². The summed E-state index contributed by atoms with van der Waals surface area (Å²) in [6, 6.07) is 8.60. The number of hydrogen-bond donors (Lipinski definition) is 1. The molecular formula is C14H17NOS. The third-order valence-corrected chi connectivity index (χ3v) is 4.01. The lowest BCUT2D eigenvalue weighted by molar-refractivity contribution is 0.281. The SMILES string of the molecule is Cc1nc(CO)sc1-c1ccc(C(C)C)cc1. The minimum atomic E-state index is 0.0234. The molecule has 0 aliphatic carbocycles. The van der Waals surface area contributed by atoms with Crippen LogP contribution in [0.2, 0.25) is 0 Å². The second-order valence-corrected chi connectivity index (χ2v) is 5.54. The first-order chi connectivity index (χ1) is 8.11. The highest BCUT2D eigenvalue weighted by Crippen LogP contribution is 2.30. The van der Waals surface area contributed by atoms with Crippen molar-refractivity contribution in [2.24, 2.45) is 0 Å². The van der Waals surface area contributed by atoms with Crippen molar-refractivity contribution in [3.8, 4) is 10.4 Å². The van der Waals surface area contributed by atoms with Crippen LogP contribution in [-0.2, 0) is 6.61 Å². The number of nitrogens with zero attached hydrogens (tertiary/aromatic N) is 1. The molecule has 0 saturated carbocycles. The first kappa shape index (κ1) is 12.3. The standard InChI is InChI=1S/C14H17NOS/c1-9(2)11-4-6-12(7-5-11)14-10(3)15-13(8-16)17-14/h4-7,9,16H,8H2,1-3H3. The van der Waals surface area contributed by atoms with Crippen molar-refractivity contribution < 1.29 is 5.11 Å². The number of thiazole rings is 1. The molecule has 0 saturated heterocycles. The fourth-order valence-corrected chi connectivity index (χ4v) is 2.74. The van der Waals surface area contributed by atoms with Crippen molar-refractivity contribution in [3.05, 3.63) is 40.5 Å². The van der Waals surface area contributed by atoms with Crippen LogP contribution in [0, 0.1) is 6.92 Å². The first-order valence-electron chi connectivity index (χ1n) is 5.79. The number of aryl methyl sites for hydroxylation is 1. The van der Waals surface area contributed by atoms with Gasteiger partial charge in [-0.25, -0.2) is 4.98 Å². The molecule has 1 heterocycles. The third-order valence-electron chi connectivity index (χ3n) is 2.82. The Morgan fingerprint density at radius 2 is 1.88 bits per heavy atom. The maximum Gasteiger partial charge on any atom is 0.119 e. The molecule has 2 nitrogen and oxygen atoms in total. The molecule has 17 heavy (non-hydrogen) atoms. The Hall–Kier alpha value is -1.19. The summed E-state index contributed by atoms with van der Waals surface area (Å²) < 4.78 is 0. The Bertz CT molecular complexity index is 499. The van der Waals surface area contributed by atoms with E-state index in [-0.39, 0.29) is 6.61 Å². The highest BCUT2D eigenvalue weighted by atomic mass is 32.1. The molecule has 0 amide bonds. The summed E-state index contributed by atoms with van der Waals surface area (Å²) in [5.74, 6) is 0.555. The lowest BCUT2D eigenvalue weighted by atomic mass is 10.0. The molecular weight excluding hydrogens is 230 g/mol. The van der Waals surface area contributed by atoms with Gasteiger partial charge in [0.25, 0.3) is 0 Å². The minimum absolute atomic E-state index is 0.0234. The monoisotopic (exact) mass is 247 g/mol. The van der Waals surface area contributed by atoms with Crippen LogP contribution in [0.3, 0.4) is 0 Å².